The lowest BCUT2D eigenvalue weighted by molar-refractivity contribution is -0.143. The van der Waals surface area contributed by atoms with Gasteiger partial charge >= 0.3 is 0 Å². The van der Waals surface area contributed by atoms with Crippen LogP contribution in [0.15, 0.2) is 0 Å². The van der Waals surface area contributed by atoms with Crippen molar-refractivity contribution in [2.45, 2.75) is 70.6 Å². The second-order valence-electron chi connectivity index (χ2n) is 6.23. The lowest BCUT2D eigenvalue weighted by Gasteiger charge is -2.55. The topological polar surface area (TPSA) is 64.4 Å². The summed E-state index contributed by atoms with van der Waals surface area (Å²) in [6.45, 7) is 4.39. The molecule has 2 rings (SSSR count). The average Bonchev–Trinajstić information content (AvgIpc) is 2.82. The van der Waals surface area contributed by atoms with E-state index in [1.165, 1.54) is 0 Å². The van der Waals surface area contributed by atoms with Crippen molar-refractivity contribution in [1.82, 2.24) is 5.32 Å². The Labute approximate surface area is 116 Å². The number of hydrogen-bond donors (Lipinski definition) is 2. The third-order valence-electron chi connectivity index (χ3n) is 5.55. The standard InChI is InChI=1S/C15H28N2O2/c1-4-15(5-2)12(9-13(15)19-3)17-14(18)10-6-7-11(16)8-10/h10-13H,4-9,16H2,1-3H3,(H,17,18). The highest BCUT2D eigenvalue weighted by Crippen LogP contribution is 2.48. The molecule has 4 atom stereocenters. The average molecular weight is 268 g/mol. The molecule has 4 heteroatoms. The van der Waals surface area contributed by atoms with Crippen molar-refractivity contribution >= 4 is 5.91 Å². The van der Waals surface area contributed by atoms with E-state index in [1.807, 2.05) is 0 Å². The Bertz CT molecular complexity index is 328. The number of carbonyl (C=O) groups is 1. The van der Waals surface area contributed by atoms with Gasteiger partial charge in [-0.05, 0) is 38.5 Å². The zero-order chi connectivity index (χ0) is 14.0. The highest BCUT2D eigenvalue weighted by Gasteiger charge is 2.53. The molecule has 2 fully saturated rings. The van der Waals surface area contributed by atoms with Crippen molar-refractivity contribution in [2.75, 3.05) is 7.11 Å². The van der Waals surface area contributed by atoms with Gasteiger partial charge in [-0.3, -0.25) is 4.79 Å². The molecule has 0 heterocycles. The van der Waals surface area contributed by atoms with E-state index in [0.29, 0.717) is 6.10 Å². The molecule has 2 saturated carbocycles. The molecule has 4 nitrogen and oxygen atoms in total. The third-order valence-corrected chi connectivity index (χ3v) is 5.55. The minimum atomic E-state index is 0.128. The van der Waals surface area contributed by atoms with E-state index in [0.717, 1.165) is 38.5 Å². The fourth-order valence-corrected chi connectivity index (χ4v) is 4.02. The minimum Gasteiger partial charge on any atom is -0.381 e. The molecule has 19 heavy (non-hydrogen) atoms. The highest BCUT2D eigenvalue weighted by molar-refractivity contribution is 5.79. The van der Waals surface area contributed by atoms with Gasteiger partial charge in [-0.25, -0.2) is 0 Å². The van der Waals surface area contributed by atoms with Gasteiger partial charge in [0, 0.05) is 30.5 Å². The number of ether oxygens (including phenoxy) is 1. The van der Waals surface area contributed by atoms with Crippen LogP contribution in [-0.4, -0.2) is 31.2 Å². The van der Waals surface area contributed by atoms with Crippen molar-refractivity contribution in [1.29, 1.82) is 0 Å². The molecule has 2 aliphatic rings. The zero-order valence-corrected chi connectivity index (χ0v) is 12.4. The summed E-state index contributed by atoms with van der Waals surface area (Å²) in [5.74, 6) is 0.335. The third kappa shape index (κ3) is 2.52. The first-order valence-electron chi connectivity index (χ1n) is 7.66. The number of methoxy groups -OCH3 is 1. The van der Waals surface area contributed by atoms with Crippen LogP contribution < -0.4 is 11.1 Å². The molecule has 4 unspecified atom stereocenters. The Morgan fingerprint density at radius 2 is 2.00 bits per heavy atom. The van der Waals surface area contributed by atoms with Crippen LogP contribution in [0, 0.1) is 11.3 Å². The molecule has 0 aliphatic heterocycles. The number of rotatable bonds is 5. The number of hydrogen-bond acceptors (Lipinski definition) is 3. The predicted molar refractivity (Wildman–Crippen MR) is 75.7 cm³/mol. The monoisotopic (exact) mass is 268 g/mol. The van der Waals surface area contributed by atoms with Gasteiger partial charge in [0.15, 0.2) is 0 Å². The van der Waals surface area contributed by atoms with Gasteiger partial charge in [-0.1, -0.05) is 13.8 Å². The summed E-state index contributed by atoms with van der Waals surface area (Å²) in [5, 5.41) is 3.26. The van der Waals surface area contributed by atoms with Crippen LogP contribution in [0.3, 0.4) is 0 Å². The van der Waals surface area contributed by atoms with E-state index in [1.54, 1.807) is 7.11 Å². The van der Waals surface area contributed by atoms with E-state index in [2.05, 4.69) is 19.2 Å². The molecular formula is C15H28N2O2. The largest absolute Gasteiger partial charge is 0.381 e. The molecule has 0 aromatic rings. The maximum Gasteiger partial charge on any atom is 0.223 e. The molecule has 1 amide bonds. The van der Waals surface area contributed by atoms with E-state index in [-0.39, 0.29) is 29.3 Å². The maximum atomic E-state index is 12.3. The second kappa shape index (κ2) is 5.80. The molecule has 2 aliphatic carbocycles. The van der Waals surface area contributed by atoms with Crippen LogP contribution in [0.1, 0.15) is 52.4 Å². The maximum absolute atomic E-state index is 12.3. The van der Waals surface area contributed by atoms with Crippen molar-refractivity contribution < 1.29 is 9.53 Å². The first-order valence-corrected chi connectivity index (χ1v) is 7.66. The van der Waals surface area contributed by atoms with Gasteiger partial charge in [0.25, 0.3) is 0 Å². The summed E-state index contributed by atoms with van der Waals surface area (Å²) in [5.41, 5.74) is 6.02. The lowest BCUT2D eigenvalue weighted by Crippen LogP contribution is -2.64. The number of nitrogens with two attached hydrogens (primary N) is 1. The summed E-state index contributed by atoms with van der Waals surface area (Å²) in [6, 6.07) is 0.489. The van der Waals surface area contributed by atoms with Crippen LogP contribution in [0.2, 0.25) is 0 Å². The van der Waals surface area contributed by atoms with Gasteiger partial charge in [-0.15, -0.1) is 0 Å². The second-order valence-corrected chi connectivity index (χ2v) is 6.23. The molecule has 0 spiro atoms. The first kappa shape index (κ1) is 14.8. The Morgan fingerprint density at radius 1 is 1.32 bits per heavy atom. The van der Waals surface area contributed by atoms with Crippen LogP contribution in [0.25, 0.3) is 0 Å². The van der Waals surface area contributed by atoms with Gasteiger partial charge in [0.05, 0.1) is 6.10 Å². The molecular weight excluding hydrogens is 240 g/mol. The lowest BCUT2D eigenvalue weighted by atomic mass is 9.58. The van der Waals surface area contributed by atoms with E-state index in [4.69, 9.17) is 10.5 Å². The number of nitrogens with one attached hydrogen (secondary N) is 1. The summed E-state index contributed by atoms with van der Waals surface area (Å²) in [6.07, 6.45) is 6.11. The van der Waals surface area contributed by atoms with Crippen LogP contribution in [0.5, 0.6) is 0 Å². The fourth-order valence-electron chi connectivity index (χ4n) is 4.02. The van der Waals surface area contributed by atoms with Crippen molar-refractivity contribution in [3.8, 4) is 0 Å². The minimum absolute atomic E-state index is 0.128. The smallest absolute Gasteiger partial charge is 0.223 e. The van der Waals surface area contributed by atoms with E-state index >= 15 is 0 Å². The van der Waals surface area contributed by atoms with Gasteiger partial charge in [0.2, 0.25) is 5.91 Å². The van der Waals surface area contributed by atoms with Gasteiger partial charge in [-0.2, -0.15) is 0 Å². The molecule has 0 bridgehead atoms. The normalized spacial score (nSPS) is 36.8. The summed E-state index contributed by atoms with van der Waals surface area (Å²) in [4.78, 5) is 12.3. The van der Waals surface area contributed by atoms with Crippen LogP contribution >= 0.6 is 0 Å². The van der Waals surface area contributed by atoms with Crippen molar-refractivity contribution in [3.05, 3.63) is 0 Å². The van der Waals surface area contributed by atoms with Crippen molar-refractivity contribution in [3.63, 3.8) is 0 Å². The van der Waals surface area contributed by atoms with Gasteiger partial charge in [0.1, 0.15) is 0 Å². The Kier molecular flexibility index (Phi) is 4.51. The Balaban J connectivity index is 1.94. The first-order chi connectivity index (χ1) is 9.07. The summed E-state index contributed by atoms with van der Waals surface area (Å²) >= 11 is 0. The van der Waals surface area contributed by atoms with E-state index in [9.17, 15) is 4.79 Å². The number of amides is 1. The van der Waals surface area contributed by atoms with E-state index < -0.39 is 0 Å². The molecule has 0 saturated heterocycles. The fraction of sp³-hybridized carbons (Fsp3) is 0.933. The predicted octanol–water partition coefficient (Wildman–Crippen LogP) is 1.82. The molecule has 0 aromatic carbocycles. The molecule has 0 aromatic heterocycles. The molecule has 3 N–H and O–H groups in total. The number of carbonyl (C=O) groups excluding carboxylic acids is 1. The quantitative estimate of drug-likeness (QED) is 0.799. The van der Waals surface area contributed by atoms with Gasteiger partial charge < -0.3 is 15.8 Å². The summed E-state index contributed by atoms with van der Waals surface area (Å²) < 4.78 is 5.57. The van der Waals surface area contributed by atoms with Crippen LogP contribution in [0.4, 0.5) is 0 Å². The highest BCUT2D eigenvalue weighted by atomic mass is 16.5. The zero-order valence-electron chi connectivity index (χ0n) is 12.4. The molecule has 110 valence electrons. The molecule has 0 radical (unpaired) electrons. The Hall–Kier alpha value is -0.610. The summed E-state index contributed by atoms with van der Waals surface area (Å²) in [7, 11) is 1.78. The van der Waals surface area contributed by atoms with Crippen LogP contribution in [-0.2, 0) is 9.53 Å². The van der Waals surface area contributed by atoms with Crippen molar-refractivity contribution in [2.24, 2.45) is 17.1 Å². The Morgan fingerprint density at radius 3 is 2.47 bits per heavy atom. The SMILES string of the molecule is CCC1(CC)C(NC(=O)C2CCC(N)C2)CC1OC.